The normalized spacial score (nSPS) is 14.2. The van der Waals surface area contributed by atoms with Gasteiger partial charge in [-0.15, -0.1) is 0 Å². The summed E-state index contributed by atoms with van der Waals surface area (Å²) in [6, 6.07) is 12.2. The third-order valence-electron chi connectivity index (χ3n) is 5.35. The van der Waals surface area contributed by atoms with Crippen molar-refractivity contribution in [1.29, 1.82) is 0 Å². The first-order chi connectivity index (χ1) is 18.2. The van der Waals surface area contributed by atoms with Crippen molar-refractivity contribution in [2.75, 3.05) is 14.2 Å². The number of nitrogens with zero attached hydrogens (tertiary/aromatic N) is 2. The third kappa shape index (κ3) is 5.89. The number of esters is 1. The molecule has 1 aliphatic rings. The average Bonchev–Trinajstić information content (AvgIpc) is 3.48. The molecule has 0 atom stereocenters. The summed E-state index contributed by atoms with van der Waals surface area (Å²) in [6.07, 6.45) is 1.56. The van der Waals surface area contributed by atoms with Gasteiger partial charge in [-0.25, -0.2) is 4.79 Å². The second-order valence-corrected chi connectivity index (χ2v) is 9.61. The van der Waals surface area contributed by atoms with Crippen LogP contribution in [0, 0.1) is 10.1 Å². The summed E-state index contributed by atoms with van der Waals surface area (Å²) < 4.78 is 21.8. The number of ether oxygens (including phenoxy) is 3. The topological polar surface area (TPSA) is 138 Å². The number of rotatable bonds is 9. The summed E-state index contributed by atoms with van der Waals surface area (Å²) in [5.74, 6) is -0.165. The van der Waals surface area contributed by atoms with Gasteiger partial charge in [-0.05, 0) is 65.4 Å². The SMILES string of the molecule is COC(=O)c1ccc(CN2C(=O)S/C(=C/c3cc(OC)c(OCc4ccc([N+](=O)[O-])cc4)cc3Br)C2=O)o1. The van der Waals surface area contributed by atoms with E-state index in [1.807, 2.05) is 0 Å². The fourth-order valence-corrected chi connectivity index (χ4v) is 4.68. The van der Waals surface area contributed by atoms with Crippen molar-refractivity contribution in [2.45, 2.75) is 13.2 Å². The van der Waals surface area contributed by atoms with Crippen LogP contribution in [0.4, 0.5) is 10.5 Å². The zero-order valence-electron chi connectivity index (χ0n) is 20.0. The first kappa shape index (κ1) is 26.9. The number of amides is 2. The number of carbonyl (C=O) groups excluding carboxylic acids is 3. The van der Waals surface area contributed by atoms with Crippen LogP contribution in [-0.2, 0) is 22.7 Å². The highest BCUT2D eigenvalue weighted by Crippen LogP contribution is 2.38. The molecule has 196 valence electrons. The van der Waals surface area contributed by atoms with E-state index in [1.165, 1.54) is 38.5 Å². The number of nitro groups is 1. The van der Waals surface area contributed by atoms with Crippen LogP contribution in [0.5, 0.6) is 11.5 Å². The van der Waals surface area contributed by atoms with Gasteiger partial charge in [0.2, 0.25) is 5.76 Å². The first-order valence-electron chi connectivity index (χ1n) is 10.9. The number of hydrogen-bond donors (Lipinski definition) is 0. The molecule has 1 aromatic heterocycles. The Kier molecular flexibility index (Phi) is 8.17. The Morgan fingerprint density at radius 2 is 1.87 bits per heavy atom. The van der Waals surface area contributed by atoms with Gasteiger partial charge in [0, 0.05) is 16.6 Å². The molecule has 0 unspecified atom stereocenters. The molecule has 0 aliphatic carbocycles. The van der Waals surface area contributed by atoms with Crippen LogP contribution in [0.2, 0.25) is 0 Å². The second kappa shape index (κ2) is 11.5. The molecule has 2 aromatic carbocycles. The number of hydrogen-bond acceptors (Lipinski definition) is 10. The Hall–Kier alpha value is -4.10. The highest BCUT2D eigenvalue weighted by Gasteiger charge is 2.36. The van der Waals surface area contributed by atoms with Crippen LogP contribution < -0.4 is 9.47 Å². The highest BCUT2D eigenvalue weighted by atomic mass is 79.9. The standard InChI is InChI=1S/C25H19BrN2O9S/c1-34-20-9-15(18(26)11-21(20)36-13-14-3-5-16(6-4-14)28(32)33)10-22-23(29)27(25(31)38-22)12-17-7-8-19(37-17)24(30)35-2/h3-11H,12-13H2,1-2H3/b22-10+. The zero-order chi connectivity index (χ0) is 27.4. The van der Waals surface area contributed by atoms with E-state index in [-0.39, 0.29) is 35.3 Å². The Balaban J connectivity index is 1.49. The van der Waals surface area contributed by atoms with Gasteiger partial charge in [0.05, 0.1) is 30.6 Å². The molecule has 11 nitrogen and oxygen atoms in total. The highest BCUT2D eigenvalue weighted by molar-refractivity contribution is 9.10. The van der Waals surface area contributed by atoms with Crippen LogP contribution in [0.1, 0.15) is 27.4 Å². The minimum absolute atomic E-state index is 0.0158. The summed E-state index contributed by atoms with van der Waals surface area (Å²) in [6.45, 7) is 0.00240. The maximum absolute atomic E-state index is 12.9. The molecule has 1 fully saturated rings. The molecule has 1 saturated heterocycles. The van der Waals surface area contributed by atoms with Gasteiger partial charge < -0.3 is 18.6 Å². The quantitative estimate of drug-likeness (QED) is 0.132. The van der Waals surface area contributed by atoms with E-state index in [4.69, 9.17) is 13.9 Å². The Morgan fingerprint density at radius 3 is 2.53 bits per heavy atom. The van der Waals surface area contributed by atoms with Gasteiger partial charge in [0.25, 0.3) is 16.8 Å². The lowest BCUT2D eigenvalue weighted by Crippen LogP contribution is -2.27. The number of imide groups is 1. The summed E-state index contributed by atoms with van der Waals surface area (Å²) >= 11 is 4.24. The molecule has 4 rings (SSSR count). The summed E-state index contributed by atoms with van der Waals surface area (Å²) in [5.41, 5.74) is 1.28. The number of non-ortho nitro benzene ring substituents is 1. The molecule has 2 heterocycles. The number of methoxy groups -OCH3 is 2. The van der Waals surface area contributed by atoms with E-state index in [9.17, 15) is 24.5 Å². The van der Waals surface area contributed by atoms with Crippen molar-refractivity contribution in [3.05, 3.63) is 90.7 Å². The molecule has 2 amide bonds. The fourth-order valence-electron chi connectivity index (χ4n) is 3.42. The minimum Gasteiger partial charge on any atom is -0.493 e. The predicted octanol–water partition coefficient (Wildman–Crippen LogP) is 5.56. The molecule has 1 aliphatic heterocycles. The van der Waals surface area contributed by atoms with Crippen LogP contribution in [-0.4, -0.2) is 41.2 Å². The number of thioether (sulfide) groups is 1. The molecule has 0 N–H and O–H groups in total. The van der Waals surface area contributed by atoms with Crippen LogP contribution in [0.25, 0.3) is 6.08 Å². The van der Waals surface area contributed by atoms with Crippen molar-refractivity contribution < 1.29 is 37.9 Å². The van der Waals surface area contributed by atoms with Gasteiger partial charge in [-0.2, -0.15) is 0 Å². The van der Waals surface area contributed by atoms with E-state index >= 15 is 0 Å². The van der Waals surface area contributed by atoms with Crippen molar-refractivity contribution in [2.24, 2.45) is 0 Å². The number of furan rings is 1. The predicted molar refractivity (Wildman–Crippen MR) is 140 cm³/mol. The van der Waals surface area contributed by atoms with Crippen molar-refractivity contribution in [1.82, 2.24) is 4.90 Å². The van der Waals surface area contributed by atoms with E-state index in [1.54, 1.807) is 30.3 Å². The molecular formula is C25H19BrN2O9S. The van der Waals surface area contributed by atoms with E-state index in [0.29, 0.717) is 21.5 Å². The summed E-state index contributed by atoms with van der Waals surface area (Å²) in [5, 5.41) is 10.3. The van der Waals surface area contributed by atoms with Crippen LogP contribution in [0.3, 0.4) is 0 Å². The maximum atomic E-state index is 12.9. The Bertz CT molecular complexity index is 1450. The van der Waals surface area contributed by atoms with E-state index in [2.05, 4.69) is 20.7 Å². The van der Waals surface area contributed by atoms with Crippen molar-refractivity contribution in [3.8, 4) is 11.5 Å². The molecule has 38 heavy (non-hydrogen) atoms. The molecule has 13 heteroatoms. The number of nitro benzene ring substituents is 1. The van der Waals surface area contributed by atoms with Crippen molar-refractivity contribution >= 4 is 56.6 Å². The van der Waals surface area contributed by atoms with Gasteiger partial charge in [-0.1, -0.05) is 15.9 Å². The van der Waals surface area contributed by atoms with E-state index in [0.717, 1.165) is 22.2 Å². The van der Waals surface area contributed by atoms with Crippen LogP contribution >= 0.6 is 27.7 Å². The lowest BCUT2D eigenvalue weighted by molar-refractivity contribution is -0.384. The number of halogens is 1. The summed E-state index contributed by atoms with van der Waals surface area (Å²) in [7, 11) is 2.68. The average molecular weight is 603 g/mol. The zero-order valence-corrected chi connectivity index (χ0v) is 22.4. The Morgan fingerprint density at radius 1 is 1.13 bits per heavy atom. The van der Waals surface area contributed by atoms with Crippen LogP contribution in [0.15, 0.2) is 62.3 Å². The summed E-state index contributed by atoms with van der Waals surface area (Å²) in [4.78, 5) is 48.6. The van der Waals surface area contributed by atoms with E-state index < -0.39 is 22.0 Å². The lowest BCUT2D eigenvalue weighted by atomic mass is 10.1. The number of benzene rings is 2. The molecule has 0 spiro atoms. The van der Waals surface area contributed by atoms with Gasteiger partial charge >= 0.3 is 5.97 Å². The van der Waals surface area contributed by atoms with Gasteiger partial charge in [-0.3, -0.25) is 24.6 Å². The molecule has 0 bridgehead atoms. The maximum Gasteiger partial charge on any atom is 0.373 e. The second-order valence-electron chi connectivity index (χ2n) is 7.76. The molecule has 0 radical (unpaired) electrons. The minimum atomic E-state index is -0.663. The molecule has 3 aromatic rings. The Labute approximate surface area is 228 Å². The third-order valence-corrected chi connectivity index (χ3v) is 6.94. The van der Waals surface area contributed by atoms with Crippen molar-refractivity contribution in [3.63, 3.8) is 0 Å². The fraction of sp³-hybridized carbons (Fsp3) is 0.160. The first-order valence-corrected chi connectivity index (χ1v) is 12.5. The molecule has 0 saturated carbocycles. The van der Waals surface area contributed by atoms with Gasteiger partial charge in [0.1, 0.15) is 12.4 Å². The largest absolute Gasteiger partial charge is 0.493 e. The molecular weight excluding hydrogens is 584 g/mol. The lowest BCUT2D eigenvalue weighted by Gasteiger charge is -2.13. The number of carbonyl (C=O) groups is 3. The monoisotopic (exact) mass is 602 g/mol. The smallest absolute Gasteiger partial charge is 0.373 e. The van der Waals surface area contributed by atoms with Gasteiger partial charge in [0.15, 0.2) is 11.5 Å².